The third-order valence-electron chi connectivity index (χ3n) is 10.8. The van der Waals surface area contributed by atoms with Gasteiger partial charge in [0.2, 0.25) is 17.7 Å². The lowest BCUT2D eigenvalue weighted by Gasteiger charge is -2.39. The Hall–Kier alpha value is -2.90. The van der Waals surface area contributed by atoms with E-state index in [1.165, 1.54) is 5.56 Å². The van der Waals surface area contributed by atoms with Gasteiger partial charge in [-0.3, -0.25) is 14.4 Å². The molecule has 7 nitrogen and oxygen atoms in total. The van der Waals surface area contributed by atoms with Crippen molar-refractivity contribution in [3.05, 3.63) is 64.7 Å². The molecular formula is C35H44ClN3O4. The van der Waals surface area contributed by atoms with E-state index in [0.29, 0.717) is 41.8 Å². The maximum absolute atomic E-state index is 14.5. The van der Waals surface area contributed by atoms with E-state index in [1.807, 2.05) is 44.2 Å². The van der Waals surface area contributed by atoms with Crippen LogP contribution in [0.1, 0.15) is 70.4 Å². The molecule has 2 N–H and O–H groups in total. The highest BCUT2D eigenvalue weighted by Crippen LogP contribution is 2.59. The number of carbonyl (C=O) groups is 3. The molecule has 2 bridgehead atoms. The zero-order valence-corrected chi connectivity index (χ0v) is 26.4. The number of carbonyl (C=O) groups excluding carboxylic acids is 3. The van der Waals surface area contributed by atoms with Crippen molar-refractivity contribution in [2.24, 2.45) is 23.7 Å². The summed E-state index contributed by atoms with van der Waals surface area (Å²) in [5, 5.41) is 6.93. The minimum atomic E-state index is -1.01. The fourth-order valence-corrected chi connectivity index (χ4v) is 8.70. The van der Waals surface area contributed by atoms with Gasteiger partial charge in [0.15, 0.2) is 0 Å². The monoisotopic (exact) mass is 605 g/mol. The van der Waals surface area contributed by atoms with E-state index in [1.54, 1.807) is 11.0 Å². The van der Waals surface area contributed by atoms with Crippen LogP contribution in [0.15, 0.2) is 48.5 Å². The number of nitrogens with one attached hydrogen (secondary N) is 2. The average Bonchev–Trinajstić information content (AvgIpc) is 3.61. The molecule has 1 spiro atoms. The topological polar surface area (TPSA) is 87.7 Å². The number of nitrogens with zero attached hydrogens (tertiary/aromatic N) is 1. The van der Waals surface area contributed by atoms with E-state index < -0.39 is 29.6 Å². The number of benzene rings is 2. The van der Waals surface area contributed by atoms with Crippen molar-refractivity contribution in [3.8, 4) is 0 Å². The zero-order chi connectivity index (χ0) is 30.5. The van der Waals surface area contributed by atoms with E-state index >= 15 is 0 Å². The molecule has 2 aromatic carbocycles. The molecule has 4 aliphatic rings. The van der Waals surface area contributed by atoms with Gasteiger partial charge < -0.3 is 20.3 Å². The lowest BCUT2D eigenvalue weighted by atomic mass is 9.70. The molecule has 6 rings (SSSR count). The maximum atomic E-state index is 14.5. The van der Waals surface area contributed by atoms with Crippen molar-refractivity contribution < 1.29 is 19.1 Å². The minimum Gasteiger partial charge on any atom is -0.367 e. The number of hydrogen-bond donors (Lipinski definition) is 2. The van der Waals surface area contributed by atoms with Crippen LogP contribution in [0.3, 0.4) is 0 Å². The fraction of sp³-hybridized carbons (Fsp3) is 0.571. The first-order valence-electron chi connectivity index (χ1n) is 16.0. The van der Waals surface area contributed by atoms with Gasteiger partial charge in [-0.15, -0.1) is 0 Å². The Bertz CT molecular complexity index is 1360. The first kappa shape index (κ1) is 30.1. The zero-order valence-electron chi connectivity index (χ0n) is 25.6. The van der Waals surface area contributed by atoms with Crippen LogP contribution in [-0.4, -0.2) is 52.5 Å². The Morgan fingerprint density at radius 1 is 1.09 bits per heavy atom. The highest BCUT2D eigenvalue weighted by molar-refractivity contribution is 6.31. The van der Waals surface area contributed by atoms with E-state index in [9.17, 15) is 14.4 Å². The fourth-order valence-electron chi connectivity index (χ4n) is 8.41. The SMILES string of the molecule is Cc1cc(Cl)cc(NC(=O)C2C3CCC4(O3)C2C(=O)N(C(C)CCc2ccccc2)C4C(=O)NC2CCCC(C)C2C)c1. The molecule has 43 heavy (non-hydrogen) atoms. The van der Waals surface area contributed by atoms with E-state index in [2.05, 4.69) is 36.6 Å². The lowest BCUT2D eigenvalue weighted by Crippen LogP contribution is -2.59. The Labute approximate surface area is 260 Å². The number of anilines is 1. The van der Waals surface area contributed by atoms with Crippen LogP contribution in [0, 0.1) is 30.6 Å². The summed E-state index contributed by atoms with van der Waals surface area (Å²) in [5.74, 6) is -1.03. The van der Waals surface area contributed by atoms with E-state index in [4.69, 9.17) is 16.3 Å². The van der Waals surface area contributed by atoms with Crippen molar-refractivity contribution in [1.29, 1.82) is 0 Å². The second kappa shape index (κ2) is 11.9. The summed E-state index contributed by atoms with van der Waals surface area (Å²) >= 11 is 6.27. The summed E-state index contributed by atoms with van der Waals surface area (Å²) in [6, 6.07) is 14.7. The Morgan fingerprint density at radius 3 is 2.60 bits per heavy atom. The molecule has 9 unspecified atom stereocenters. The number of fused-ring (bicyclic) bond motifs is 1. The molecule has 4 fully saturated rings. The number of rotatable bonds is 8. The second-order valence-electron chi connectivity index (χ2n) is 13.6. The lowest BCUT2D eigenvalue weighted by molar-refractivity contribution is -0.144. The molecule has 3 saturated heterocycles. The highest BCUT2D eigenvalue weighted by Gasteiger charge is 2.74. The minimum absolute atomic E-state index is 0.0621. The summed E-state index contributed by atoms with van der Waals surface area (Å²) < 4.78 is 6.68. The van der Waals surface area contributed by atoms with E-state index in [0.717, 1.165) is 31.2 Å². The molecule has 3 aliphatic heterocycles. The summed E-state index contributed by atoms with van der Waals surface area (Å²) in [7, 11) is 0. The van der Waals surface area contributed by atoms with Crippen molar-refractivity contribution >= 4 is 35.0 Å². The molecule has 230 valence electrons. The third-order valence-corrected chi connectivity index (χ3v) is 11.0. The number of halogens is 1. The normalized spacial score (nSPS) is 33.7. The summed E-state index contributed by atoms with van der Waals surface area (Å²) in [6.07, 6.45) is 5.50. The number of likely N-dealkylation sites (tertiary alicyclic amines) is 1. The van der Waals surface area contributed by atoms with Crippen LogP contribution in [0.2, 0.25) is 5.02 Å². The molecular weight excluding hydrogens is 562 g/mol. The molecule has 0 aromatic heterocycles. The average molecular weight is 606 g/mol. The molecule has 8 heteroatoms. The number of ether oxygens (including phenoxy) is 1. The molecule has 3 amide bonds. The van der Waals surface area contributed by atoms with Gasteiger partial charge in [-0.1, -0.05) is 68.6 Å². The largest absolute Gasteiger partial charge is 0.367 e. The van der Waals surface area contributed by atoms with Crippen LogP contribution < -0.4 is 10.6 Å². The quantitative estimate of drug-likeness (QED) is 0.391. The van der Waals surface area contributed by atoms with Crippen LogP contribution in [0.25, 0.3) is 0 Å². The van der Waals surface area contributed by atoms with Crippen LogP contribution >= 0.6 is 11.6 Å². The second-order valence-corrected chi connectivity index (χ2v) is 14.0. The number of hydrogen-bond acceptors (Lipinski definition) is 4. The van der Waals surface area contributed by atoms with Crippen molar-refractivity contribution in [2.45, 2.75) is 102 Å². The van der Waals surface area contributed by atoms with Crippen LogP contribution in [0.5, 0.6) is 0 Å². The number of amides is 3. The molecule has 3 heterocycles. The smallest absolute Gasteiger partial charge is 0.246 e. The van der Waals surface area contributed by atoms with E-state index in [-0.39, 0.29) is 29.8 Å². The number of aryl methyl sites for hydroxylation is 2. The van der Waals surface area contributed by atoms with Crippen LogP contribution in [-0.2, 0) is 25.5 Å². The van der Waals surface area contributed by atoms with Crippen molar-refractivity contribution in [1.82, 2.24) is 10.2 Å². The molecule has 9 atom stereocenters. The van der Waals surface area contributed by atoms with Gasteiger partial charge >= 0.3 is 0 Å². The summed E-state index contributed by atoms with van der Waals surface area (Å²) in [4.78, 5) is 44.5. The van der Waals surface area contributed by atoms with Gasteiger partial charge in [0.1, 0.15) is 11.6 Å². The summed E-state index contributed by atoms with van der Waals surface area (Å²) in [5.41, 5.74) is 1.71. The van der Waals surface area contributed by atoms with Gasteiger partial charge in [-0.05, 0) is 87.1 Å². The maximum Gasteiger partial charge on any atom is 0.246 e. The van der Waals surface area contributed by atoms with Gasteiger partial charge in [0, 0.05) is 22.8 Å². The van der Waals surface area contributed by atoms with Gasteiger partial charge in [-0.25, -0.2) is 0 Å². The molecule has 1 aliphatic carbocycles. The first-order valence-corrected chi connectivity index (χ1v) is 16.4. The van der Waals surface area contributed by atoms with Crippen LogP contribution in [0.4, 0.5) is 5.69 Å². The predicted molar refractivity (Wildman–Crippen MR) is 168 cm³/mol. The van der Waals surface area contributed by atoms with Crippen molar-refractivity contribution in [3.63, 3.8) is 0 Å². The third kappa shape index (κ3) is 5.48. The Balaban J connectivity index is 1.30. The predicted octanol–water partition coefficient (Wildman–Crippen LogP) is 5.92. The van der Waals surface area contributed by atoms with Gasteiger partial charge in [0.25, 0.3) is 0 Å². The molecule has 2 aromatic rings. The first-order chi connectivity index (χ1) is 20.6. The summed E-state index contributed by atoms with van der Waals surface area (Å²) in [6.45, 7) is 8.41. The Morgan fingerprint density at radius 2 is 1.86 bits per heavy atom. The Kier molecular flexibility index (Phi) is 8.33. The standard InChI is InChI=1S/C35H44ClN3O4/c1-20-17-25(36)19-26(18-20)37-32(40)29-28-15-16-35(43-28)30(29)34(42)39(22(3)13-14-24-10-6-5-7-11-24)31(35)33(41)38-27-12-8-9-21(2)23(27)4/h5-7,10-11,17-19,21-23,27-31H,8-9,12-16H2,1-4H3,(H,37,40)(H,38,41). The highest BCUT2D eigenvalue weighted by atomic mass is 35.5. The van der Waals surface area contributed by atoms with Gasteiger partial charge in [0.05, 0.1) is 17.9 Å². The van der Waals surface area contributed by atoms with Gasteiger partial charge in [-0.2, -0.15) is 0 Å². The van der Waals surface area contributed by atoms with Crippen molar-refractivity contribution in [2.75, 3.05) is 5.32 Å². The molecule has 1 saturated carbocycles. The molecule has 0 radical (unpaired) electrons.